The second-order valence-corrected chi connectivity index (χ2v) is 6.17. The first-order chi connectivity index (χ1) is 8.45. The molecule has 1 aromatic carbocycles. The maximum Gasteiger partial charge on any atom is 0.237 e. The van der Waals surface area contributed by atoms with Gasteiger partial charge in [0.2, 0.25) is 5.91 Å². The average Bonchev–Trinajstić information content (AvgIpc) is 2.33. The number of benzene rings is 1. The largest absolute Gasteiger partial charge is 0.398 e. The van der Waals surface area contributed by atoms with Gasteiger partial charge in [-0.2, -0.15) is 0 Å². The Labute approximate surface area is 110 Å². The number of carbonyl (C=O) groups is 1. The van der Waals surface area contributed by atoms with E-state index >= 15 is 0 Å². The van der Waals surface area contributed by atoms with Crippen LogP contribution in [0.2, 0.25) is 0 Å². The molecular formula is C13H20N2O2S. The summed E-state index contributed by atoms with van der Waals surface area (Å²) < 4.78 is 11.8. The summed E-state index contributed by atoms with van der Waals surface area (Å²) in [7, 11) is -1.12. The molecule has 5 heteroatoms. The van der Waals surface area contributed by atoms with Crippen molar-refractivity contribution in [1.29, 1.82) is 0 Å². The zero-order valence-electron chi connectivity index (χ0n) is 11.0. The van der Waals surface area contributed by atoms with Gasteiger partial charge in [0.05, 0.1) is 0 Å². The van der Waals surface area contributed by atoms with Gasteiger partial charge in [0.25, 0.3) is 0 Å². The van der Waals surface area contributed by atoms with Gasteiger partial charge in [-0.05, 0) is 31.0 Å². The highest BCUT2D eigenvalue weighted by molar-refractivity contribution is 7.86. The Kier molecular flexibility index (Phi) is 5.34. The molecule has 1 rings (SSSR count). The monoisotopic (exact) mass is 268 g/mol. The zero-order valence-corrected chi connectivity index (χ0v) is 11.8. The lowest BCUT2D eigenvalue weighted by atomic mass is 10.1. The van der Waals surface area contributed by atoms with Crippen molar-refractivity contribution < 1.29 is 9.00 Å². The molecule has 1 amide bonds. The molecule has 0 aromatic heterocycles. The minimum Gasteiger partial charge on any atom is -0.398 e. The third kappa shape index (κ3) is 3.84. The van der Waals surface area contributed by atoms with E-state index in [2.05, 4.69) is 5.32 Å². The molecule has 0 heterocycles. The summed E-state index contributed by atoms with van der Waals surface area (Å²) in [6.07, 6.45) is 0.803. The molecule has 0 spiro atoms. The van der Waals surface area contributed by atoms with Crippen molar-refractivity contribution in [3.8, 4) is 0 Å². The van der Waals surface area contributed by atoms with Gasteiger partial charge in [-0.1, -0.05) is 19.9 Å². The van der Waals surface area contributed by atoms with Gasteiger partial charge >= 0.3 is 0 Å². The Bertz CT molecular complexity index is 460. The standard InChI is InChI=1S/C13H20N2O2S/c1-4-9(2)18(17)8-13(16)15-12-7-5-6-11(14)10(12)3/h5-7,9H,4,8,14H2,1-3H3,(H,15,16). The molecule has 18 heavy (non-hydrogen) atoms. The van der Waals surface area contributed by atoms with Crippen LogP contribution in [0.25, 0.3) is 0 Å². The van der Waals surface area contributed by atoms with Crippen molar-refractivity contribution in [2.24, 2.45) is 0 Å². The number of hydrogen-bond acceptors (Lipinski definition) is 3. The second kappa shape index (κ2) is 6.54. The van der Waals surface area contributed by atoms with Crippen LogP contribution >= 0.6 is 0 Å². The lowest BCUT2D eigenvalue weighted by Crippen LogP contribution is -2.24. The molecule has 0 aliphatic rings. The molecule has 3 N–H and O–H groups in total. The van der Waals surface area contributed by atoms with Crippen molar-refractivity contribution in [2.45, 2.75) is 32.4 Å². The maximum atomic E-state index is 11.8. The fourth-order valence-electron chi connectivity index (χ4n) is 1.43. The summed E-state index contributed by atoms with van der Waals surface area (Å²) in [5, 5.41) is 2.79. The zero-order chi connectivity index (χ0) is 13.7. The second-order valence-electron chi connectivity index (χ2n) is 4.31. The summed E-state index contributed by atoms with van der Waals surface area (Å²) in [6, 6.07) is 5.35. The van der Waals surface area contributed by atoms with Crippen LogP contribution in [0.3, 0.4) is 0 Å². The predicted octanol–water partition coefficient (Wildman–Crippen LogP) is 2.06. The quantitative estimate of drug-likeness (QED) is 0.803. The molecule has 0 radical (unpaired) electrons. The first kappa shape index (κ1) is 14.7. The molecule has 0 fully saturated rings. The number of nitrogen functional groups attached to an aromatic ring is 1. The van der Waals surface area contributed by atoms with Gasteiger partial charge in [-0.15, -0.1) is 0 Å². The van der Waals surface area contributed by atoms with E-state index in [1.807, 2.05) is 20.8 Å². The summed E-state index contributed by atoms with van der Waals surface area (Å²) in [5.41, 5.74) is 7.91. The summed E-state index contributed by atoms with van der Waals surface area (Å²) in [5.74, 6) is -0.203. The molecule has 0 aliphatic heterocycles. The first-order valence-electron chi connectivity index (χ1n) is 5.97. The molecule has 2 unspecified atom stereocenters. The molecule has 4 nitrogen and oxygen atoms in total. The predicted molar refractivity (Wildman–Crippen MR) is 77.0 cm³/mol. The van der Waals surface area contributed by atoms with E-state index in [1.165, 1.54) is 0 Å². The highest BCUT2D eigenvalue weighted by Gasteiger charge is 2.14. The Morgan fingerprint density at radius 1 is 1.50 bits per heavy atom. The van der Waals surface area contributed by atoms with Crippen molar-refractivity contribution >= 4 is 28.1 Å². The van der Waals surface area contributed by atoms with E-state index in [0.717, 1.165) is 12.0 Å². The highest BCUT2D eigenvalue weighted by atomic mass is 32.2. The van der Waals surface area contributed by atoms with E-state index in [0.29, 0.717) is 11.4 Å². The van der Waals surface area contributed by atoms with Crippen molar-refractivity contribution in [3.05, 3.63) is 23.8 Å². The molecule has 1 aromatic rings. The third-order valence-electron chi connectivity index (χ3n) is 2.95. The van der Waals surface area contributed by atoms with E-state index in [1.54, 1.807) is 18.2 Å². The molecule has 100 valence electrons. The number of nitrogens with one attached hydrogen (secondary N) is 1. The van der Waals surface area contributed by atoms with Crippen LogP contribution < -0.4 is 11.1 Å². The summed E-state index contributed by atoms with van der Waals surface area (Å²) in [4.78, 5) is 11.8. The van der Waals surface area contributed by atoms with Crippen LogP contribution in [0.1, 0.15) is 25.8 Å². The van der Waals surface area contributed by atoms with Crippen molar-refractivity contribution in [2.75, 3.05) is 16.8 Å². The Hall–Kier alpha value is -1.36. The van der Waals surface area contributed by atoms with Gasteiger partial charge in [0, 0.05) is 27.4 Å². The van der Waals surface area contributed by atoms with Gasteiger partial charge in [0.1, 0.15) is 5.75 Å². The lowest BCUT2D eigenvalue weighted by Gasteiger charge is -2.11. The summed E-state index contributed by atoms with van der Waals surface area (Å²) >= 11 is 0. The molecule has 0 bridgehead atoms. The number of rotatable bonds is 5. The van der Waals surface area contributed by atoms with E-state index in [9.17, 15) is 9.00 Å². The molecule has 2 atom stereocenters. The van der Waals surface area contributed by atoms with Gasteiger partial charge < -0.3 is 11.1 Å². The Balaban J connectivity index is 2.65. The van der Waals surface area contributed by atoms with Gasteiger partial charge in [-0.25, -0.2) is 0 Å². The van der Waals surface area contributed by atoms with Crippen LogP contribution in [-0.4, -0.2) is 21.1 Å². The number of anilines is 2. The van der Waals surface area contributed by atoms with Gasteiger partial charge in [-0.3, -0.25) is 9.00 Å². The minimum atomic E-state index is -1.12. The topological polar surface area (TPSA) is 72.2 Å². The van der Waals surface area contributed by atoms with Crippen molar-refractivity contribution in [3.63, 3.8) is 0 Å². The maximum absolute atomic E-state index is 11.8. The lowest BCUT2D eigenvalue weighted by molar-refractivity contribution is -0.113. The van der Waals surface area contributed by atoms with Crippen LogP contribution in [0, 0.1) is 6.92 Å². The van der Waals surface area contributed by atoms with E-state index in [4.69, 9.17) is 5.73 Å². The SMILES string of the molecule is CCC(C)S(=O)CC(=O)Nc1cccc(N)c1C. The minimum absolute atomic E-state index is 0.0310. The molecule has 0 saturated carbocycles. The van der Waals surface area contributed by atoms with E-state index in [-0.39, 0.29) is 16.9 Å². The average molecular weight is 268 g/mol. The van der Waals surface area contributed by atoms with Gasteiger partial charge in [0.15, 0.2) is 0 Å². The number of nitrogens with two attached hydrogens (primary N) is 1. The van der Waals surface area contributed by atoms with Crippen LogP contribution in [-0.2, 0) is 15.6 Å². The van der Waals surface area contributed by atoms with Crippen LogP contribution in [0.15, 0.2) is 18.2 Å². The fraction of sp³-hybridized carbons (Fsp3) is 0.462. The fourth-order valence-corrected chi connectivity index (χ4v) is 2.42. The van der Waals surface area contributed by atoms with Crippen LogP contribution in [0.4, 0.5) is 11.4 Å². The Morgan fingerprint density at radius 2 is 2.17 bits per heavy atom. The first-order valence-corrected chi connectivity index (χ1v) is 7.36. The molecule has 0 aliphatic carbocycles. The molecular weight excluding hydrogens is 248 g/mol. The smallest absolute Gasteiger partial charge is 0.237 e. The van der Waals surface area contributed by atoms with Crippen molar-refractivity contribution in [1.82, 2.24) is 0 Å². The highest BCUT2D eigenvalue weighted by Crippen LogP contribution is 2.20. The number of amides is 1. The third-order valence-corrected chi connectivity index (χ3v) is 4.72. The van der Waals surface area contributed by atoms with E-state index < -0.39 is 10.8 Å². The number of hydrogen-bond donors (Lipinski definition) is 2. The normalized spacial score (nSPS) is 13.9. The summed E-state index contributed by atoms with van der Waals surface area (Å²) in [6.45, 7) is 5.69. The molecule has 0 saturated heterocycles. The van der Waals surface area contributed by atoms with Crippen LogP contribution in [0.5, 0.6) is 0 Å². The Morgan fingerprint density at radius 3 is 2.78 bits per heavy atom. The number of carbonyl (C=O) groups excluding carboxylic acids is 1.